The number of ether oxygens (including phenoxy) is 1. The van der Waals surface area contributed by atoms with Gasteiger partial charge in [-0.2, -0.15) is 13.9 Å². The minimum Gasteiger partial charge on any atom is -0.433 e. The van der Waals surface area contributed by atoms with Gasteiger partial charge in [-0.1, -0.05) is 6.07 Å². The van der Waals surface area contributed by atoms with Crippen molar-refractivity contribution in [1.82, 2.24) is 15.1 Å². The van der Waals surface area contributed by atoms with Crippen LogP contribution in [-0.2, 0) is 6.54 Å². The molecule has 0 radical (unpaired) electrons. The molecule has 0 fully saturated rings. The summed E-state index contributed by atoms with van der Waals surface area (Å²) >= 11 is 5.30. The SMILES string of the molecule is CCn1cc(C(C)NC(=S)Nc2ccc(C)cc2OC(F)F)c(C)n1. The summed E-state index contributed by atoms with van der Waals surface area (Å²) in [7, 11) is 0. The van der Waals surface area contributed by atoms with Crippen LogP contribution in [0.3, 0.4) is 0 Å². The maximum absolute atomic E-state index is 12.6. The van der Waals surface area contributed by atoms with Crippen molar-refractivity contribution in [1.29, 1.82) is 0 Å². The fourth-order valence-electron chi connectivity index (χ4n) is 2.48. The van der Waals surface area contributed by atoms with Crippen LogP contribution < -0.4 is 15.4 Å². The van der Waals surface area contributed by atoms with Gasteiger partial charge in [0.2, 0.25) is 0 Å². The Morgan fingerprint density at radius 1 is 1.36 bits per heavy atom. The van der Waals surface area contributed by atoms with Gasteiger partial charge in [0.1, 0.15) is 5.75 Å². The van der Waals surface area contributed by atoms with Gasteiger partial charge >= 0.3 is 6.61 Å². The lowest BCUT2D eigenvalue weighted by atomic mass is 10.1. The highest BCUT2D eigenvalue weighted by Crippen LogP contribution is 2.27. The second-order valence-electron chi connectivity index (χ2n) is 5.72. The molecule has 0 bridgehead atoms. The predicted octanol–water partition coefficient (Wildman–Crippen LogP) is 4.17. The number of aryl methyl sites for hydroxylation is 3. The van der Waals surface area contributed by atoms with Gasteiger partial charge in [-0.3, -0.25) is 4.68 Å². The molecule has 5 nitrogen and oxygen atoms in total. The number of nitrogens with one attached hydrogen (secondary N) is 2. The van der Waals surface area contributed by atoms with Crippen LogP contribution in [0.1, 0.15) is 36.7 Å². The van der Waals surface area contributed by atoms with Gasteiger partial charge < -0.3 is 15.4 Å². The highest BCUT2D eigenvalue weighted by atomic mass is 32.1. The van der Waals surface area contributed by atoms with Crippen molar-refractivity contribution in [3.63, 3.8) is 0 Å². The summed E-state index contributed by atoms with van der Waals surface area (Å²) in [5.74, 6) is 0.0572. The molecule has 2 N–H and O–H groups in total. The molecule has 2 aromatic rings. The first kappa shape index (κ1) is 19.1. The van der Waals surface area contributed by atoms with Crippen molar-refractivity contribution >= 4 is 23.0 Å². The van der Waals surface area contributed by atoms with E-state index in [0.717, 1.165) is 23.4 Å². The molecule has 0 aliphatic rings. The van der Waals surface area contributed by atoms with E-state index in [9.17, 15) is 8.78 Å². The molecule has 1 unspecified atom stereocenters. The zero-order valence-electron chi connectivity index (χ0n) is 14.6. The van der Waals surface area contributed by atoms with E-state index in [1.165, 1.54) is 6.07 Å². The minimum atomic E-state index is -2.90. The largest absolute Gasteiger partial charge is 0.433 e. The first-order chi connectivity index (χ1) is 11.8. The van der Waals surface area contributed by atoms with E-state index in [4.69, 9.17) is 12.2 Å². The topological polar surface area (TPSA) is 51.1 Å². The van der Waals surface area contributed by atoms with Crippen LogP contribution in [-0.4, -0.2) is 21.5 Å². The summed E-state index contributed by atoms with van der Waals surface area (Å²) in [6, 6.07) is 4.91. The van der Waals surface area contributed by atoms with Crippen LogP contribution in [0.15, 0.2) is 24.4 Å². The molecule has 0 saturated heterocycles. The number of hydrogen-bond acceptors (Lipinski definition) is 3. The molecular weight excluding hydrogens is 346 g/mol. The number of halogens is 2. The maximum atomic E-state index is 12.6. The number of aromatic nitrogens is 2. The number of nitrogens with zero attached hydrogens (tertiary/aromatic N) is 2. The Labute approximate surface area is 151 Å². The highest BCUT2D eigenvalue weighted by Gasteiger charge is 2.15. The third-order valence-electron chi connectivity index (χ3n) is 3.72. The standard InChI is InChI=1S/C17H22F2N4OS/c1-5-23-9-13(12(4)22-23)11(3)20-17(25)21-14-7-6-10(2)8-15(14)24-16(18)19/h6-9,11,16H,5H2,1-4H3,(H2,20,21,25). The molecular formula is C17H22F2N4OS. The molecule has 2 rings (SSSR count). The van der Waals surface area contributed by atoms with Gasteiger partial charge in [0.25, 0.3) is 0 Å². The fraction of sp³-hybridized carbons (Fsp3) is 0.412. The van der Waals surface area contributed by atoms with Gasteiger partial charge in [0.15, 0.2) is 5.11 Å². The molecule has 1 aromatic carbocycles. The predicted molar refractivity (Wildman–Crippen MR) is 98.2 cm³/mol. The molecule has 0 aliphatic heterocycles. The summed E-state index contributed by atoms with van der Waals surface area (Å²) in [6.45, 7) is 5.60. The molecule has 1 heterocycles. The average Bonchev–Trinajstić information content (AvgIpc) is 2.90. The molecule has 0 spiro atoms. The Morgan fingerprint density at radius 3 is 2.68 bits per heavy atom. The van der Waals surface area contributed by atoms with Crippen LogP contribution in [0, 0.1) is 13.8 Å². The normalized spacial score (nSPS) is 12.1. The lowest BCUT2D eigenvalue weighted by Gasteiger charge is -2.18. The van der Waals surface area contributed by atoms with Gasteiger partial charge in [0.05, 0.1) is 17.4 Å². The van der Waals surface area contributed by atoms with Crippen LogP contribution in [0.4, 0.5) is 14.5 Å². The molecule has 1 aromatic heterocycles. The summed E-state index contributed by atoms with van der Waals surface area (Å²) in [5.41, 5.74) is 3.15. The van der Waals surface area contributed by atoms with E-state index in [2.05, 4.69) is 20.5 Å². The van der Waals surface area contributed by atoms with Gasteiger partial charge in [-0.05, 0) is 57.6 Å². The van der Waals surface area contributed by atoms with Gasteiger partial charge in [-0.15, -0.1) is 0 Å². The maximum Gasteiger partial charge on any atom is 0.387 e. The first-order valence-electron chi connectivity index (χ1n) is 7.97. The lowest BCUT2D eigenvalue weighted by molar-refractivity contribution is -0.0493. The molecule has 25 heavy (non-hydrogen) atoms. The van der Waals surface area contributed by atoms with Crippen molar-refractivity contribution in [2.24, 2.45) is 0 Å². The summed E-state index contributed by atoms with van der Waals surface area (Å²) in [5, 5.41) is 10.8. The number of rotatable bonds is 6. The Morgan fingerprint density at radius 2 is 2.08 bits per heavy atom. The fourth-order valence-corrected chi connectivity index (χ4v) is 2.77. The Hall–Kier alpha value is -2.22. The molecule has 0 amide bonds. The van der Waals surface area contributed by atoms with E-state index < -0.39 is 6.61 Å². The van der Waals surface area contributed by atoms with E-state index >= 15 is 0 Å². The van der Waals surface area contributed by atoms with Crippen LogP contribution in [0.5, 0.6) is 5.75 Å². The zero-order valence-corrected chi connectivity index (χ0v) is 15.5. The third kappa shape index (κ3) is 5.12. The van der Waals surface area contributed by atoms with Crippen LogP contribution >= 0.6 is 12.2 Å². The van der Waals surface area contributed by atoms with Crippen molar-refractivity contribution in [2.75, 3.05) is 5.32 Å². The summed E-state index contributed by atoms with van der Waals surface area (Å²) in [4.78, 5) is 0. The van der Waals surface area contributed by atoms with Crippen molar-refractivity contribution < 1.29 is 13.5 Å². The summed E-state index contributed by atoms with van der Waals surface area (Å²) in [6.07, 6.45) is 1.97. The molecule has 136 valence electrons. The Bertz CT molecular complexity index is 748. The second-order valence-corrected chi connectivity index (χ2v) is 6.13. The Kier molecular flexibility index (Phi) is 6.30. The lowest BCUT2D eigenvalue weighted by Crippen LogP contribution is -2.31. The van der Waals surface area contributed by atoms with E-state index in [1.807, 2.05) is 31.6 Å². The quantitative estimate of drug-likeness (QED) is 0.750. The van der Waals surface area contributed by atoms with Gasteiger partial charge in [-0.25, -0.2) is 0 Å². The smallest absolute Gasteiger partial charge is 0.387 e. The van der Waals surface area contributed by atoms with Crippen molar-refractivity contribution in [3.05, 3.63) is 41.2 Å². The minimum absolute atomic E-state index is 0.0572. The number of benzene rings is 1. The molecule has 0 saturated carbocycles. The zero-order chi connectivity index (χ0) is 18.6. The molecule has 0 aliphatic carbocycles. The van der Waals surface area contributed by atoms with Crippen molar-refractivity contribution in [2.45, 2.75) is 46.9 Å². The molecule has 1 atom stereocenters. The third-order valence-corrected chi connectivity index (χ3v) is 3.94. The van der Waals surface area contributed by atoms with E-state index in [1.54, 1.807) is 19.1 Å². The highest BCUT2D eigenvalue weighted by molar-refractivity contribution is 7.80. The average molecular weight is 368 g/mol. The number of hydrogen-bond donors (Lipinski definition) is 2. The van der Waals surface area contributed by atoms with Crippen molar-refractivity contribution in [3.8, 4) is 5.75 Å². The number of thiocarbonyl (C=S) groups is 1. The van der Waals surface area contributed by atoms with Gasteiger partial charge in [0, 0.05) is 18.3 Å². The number of anilines is 1. The van der Waals surface area contributed by atoms with E-state index in [-0.39, 0.29) is 11.8 Å². The monoisotopic (exact) mass is 368 g/mol. The molecule has 8 heteroatoms. The summed E-state index contributed by atoms with van der Waals surface area (Å²) < 4.78 is 31.6. The Balaban J connectivity index is 2.08. The number of alkyl halides is 2. The second kappa shape index (κ2) is 8.24. The van der Waals surface area contributed by atoms with Crippen LogP contribution in [0.2, 0.25) is 0 Å². The first-order valence-corrected chi connectivity index (χ1v) is 8.38. The van der Waals surface area contributed by atoms with E-state index in [0.29, 0.717) is 10.8 Å². The van der Waals surface area contributed by atoms with Crippen LogP contribution in [0.25, 0.3) is 0 Å².